The molecular formula is C24H17Br2N3O8. The molecule has 1 saturated heterocycles. The molecule has 190 valence electrons. The van der Waals surface area contributed by atoms with Crippen LogP contribution in [0, 0.1) is 10.1 Å². The average Bonchev–Trinajstić information content (AvgIpc) is 3.44. The van der Waals surface area contributed by atoms with Gasteiger partial charge < -0.3 is 19.2 Å². The van der Waals surface area contributed by atoms with Gasteiger partial charge in [0.1, 0.15) is 18.1 Å². The predicted octanol–water partition coefficient (Wildman–Crippen LogP) is 5.17. The summed E-state index contributed by atoms with van der Waals surface area (Å²) in [7, 11) is 1.20. The Morgan fingerprint density at radius 1 is 1.14 bits per heavy atom. The molecule has 1 aliphatic heterocycles. The number of nitro benzene ring substituents is 1. The highest BCUT2D eigenvalue weighted by Crippen LogP contribution is 2.37. The third-order valence-electron chi connectivity index (χ3n) is 5.18. The number of carbonyl (C=O) groups excluding carboxylic acids is 3. The third-order valence-corrected chi connectivity index (χ3v) is 6.17. The van der Waals surface area contributed by atoms with Gasteiger partial charge in [0.15, 0.2) is 0 Å². The minimum absolute atomic E-state index is 0.0272. The number of halogens is 2. The maximum absolute atomic E-state index is 13.0. The monoisotopic (exact) mass is 633 g/mol. The Kier molecular flexibility index (Phi) is 7.74. The van der Waals surface area contributed by atoms with Crippen LogP contribution in [0.15, 0.2) is 67.6 Å². The second kappa shape index (κ2) is 11.0. The minimum atomic E-state index is -0.728. The number of nitrogens with zero attached hydrogens (tertiary/aromatic N) is 2. The maximum atomic E-state index is 13.0. The fourth-order valence-electron chi connectivity index (χ4n) is 3.44. The van der Waals surface area contributed by atoms with Gasteiger partial charge in [0.2, 0.25) is 11.5 Å². The number of nitro groups is 1. The van der Waals surface area contributed by atoms with Crippen molar-refractivity contribution in [3.05, 3.63) is 95.9 Å². The maximum Gasteiger partial charge on any atom is 0.373 e. The minimum Gasteiger partial charge on any atom is -0.482 e. The highest BCUT2D eigenvalue weighted by atomic mass is 79.9. The van der Waals surface area contributed by atoms with E-state index in [0.717, 1.165) is 14.9 Å². The van der Waals surface area contributed by atoms with Gasteiger partial charge in [0, 0.05) is 20.6 Å². The van der Waals surface area contributed by atoms with Crippen LogP contribution in [0.2, 0.25) is 0 Å². The number of ether oxygens (including phenoxy) is 2. The Hall–Kier alpha value is -3.97. The topological polar surface area (TPSA) is 141 Å². The lowest BCUT2D eigenvalue weighted by molar-refractivity contribution is -0.386. The number of methoxy groups -OCH3 is 1. The molecule has 1 fully saturated rings. The number of benzene rings is 2. The molecule has 3 amide bonds. The van der Waals surface area contributed by atoms with Gasteiger partial charge in [-0.25, -0.2) is 9.59 Å². The standard InChI is InChI=1S/C24H17Br2N3O8/c1-35-23(31)20-7-6-17(37-20)11-28-22(30)18(27-24(28)32)9-14-8-16(26)10-19(29(33)34)21(14)36-12-13-2-4-15(25)5-3-13/h2-10H,11-12H2,1H3,(H,27,32)/b18-9-. The Bertz CT molecular complexity index is 1430. The average molecular weight is 635 g/mol. The molecule has 0 bridgehead atoms. The molecule has 11 nitrogen and oxygen atoms in total. The molecule has 1 aliphatic rings. The first-order valence-corrected chi connectivity index (χ1v) is 12.1. The Balaban J connectivity index is 1.62. The fraction of sp³-hybridized carbons (Fsp3) is 0.125. The van der Waals surface area contributed by atoms with Gasteiger partial charge in [0.05, 0.1) is 18.6 Å². The van der Waals surface area contributed by atoms with E-state index in [1.807, 2.05) is 12.1 Å². The summed E-state index contributed by atoms with van der Waals surface area (Å²) in [5.74, 6) is -1.35. The number of amides is 3. The van der Waals surface area contributed by atoms with Crippen molar-refractivity contribution in [2.24, 2.45) is 0 Å². The number of hydrogen-bond donors (Lipinski definition) is 1. The van der Waals surface area contributed by atoms with Crippen LogP contribution in [0.3, 0.4) is 0 Å². The Morgan fingerprint density at radius 2 is 1.86 bits per heavy atom. The van der Waals surface area contributed by atoms with Gasteiger partial charge in [-0.15, -0.1) is 0 Å². The second-order valence-corrected chi connectivity index (χ2v) is 9.48. The zero-order chi connectivity index (χ0) is 26.7. The molecular weight excluding hydrogens is 618 g/mol. The van der Waals surface area contributed by atoms with E-state index in [9.17, 15) is 24.5 Å². The van der Waals surface area contributed by atoms with Gasteiger partial charge >= 0.3 is 17.7 Å². The summed E-state index contributed by atoms with van der Waals surface area (Å²) in [4.78, 5) is 49.1. The number of urea groups is 1. The first-order valence-electron chi connectivity index (χ1n) is 10.5. The highest BCUT2D eigenvalue weighted by molar-refractivity contribution is 9.10. The van der Waals surface area contributed by atoms with Gasteiger partial charge in [-0.05, 0) is 42.0 Å². The Morgan fingerprint density at radius 3 is 2.54 bits per heavy atom. The van der Waals surface area contributed by atoms with E-state index in [1.165, 1.54) is 37.5 Å². The van der Waals surface area contributed by atoms with Crippen LogP contribution in [0.1, 0.15) is 27.4 Å². The zero-order valence-electron chi connectivity index (χ0n) is 19.0. The van der Waals surface area contributed by atoms with Crippen molar-refractivity contribution in [2.75, 3.05) is 7.11 Å². The van der Waals surface area contributed by atoms with Gasteiger partial charge in [-0.2, -0.15) is 0 Å². The molecule has 0 saturated carbocycles. The number of imide groups is 1. The van der Waals surface area contributed by atoms with Crippen molar-refractivity contribution in [1.82, 2.24) is 10.2 Å². The number of esters is 1. The van der Waals surface area contributed by atoms with Crippen LogP contribution in [0.4, 0.5) is 10.5 Å². The van der Waals surface area contributed by atoms with Crippen LogP contribution in [-0.2, 0) is 22.7 Å². The smallest absolute Gasteiger partial charge is 0.373 e. The van der Waals surface area contributed by atoms with Crippen LogP contribution in [-0.4, -0.2) is 34.8 Å². The highest BCUT2D eigenvalue weighted by Gasteiger charge is 2.35. The molecule has 0 spiro atoms. The van der Waals surface area contributed by atoms with Crippen molar-refractivity contribution >= 4 is 61.5 Å². The van der Waals surface area contributed by atoms with Gasteiger partial charge in [-0.1, -0.05) is 44.0 Å². The molecule has 37 heavy (non-hydrogen) atoms. The number of furan rings is 1. The van der Waals surface area contributed by atoms with E-state index < -0.39 is 22.8 Å². The zero-order valence-corrected chi connectivity index (χ0v) is 22.2. The lowest BCUT2D eigenvalue weighted by atomic mass is 10.1. The van der Waals surface area contributed by atoms with E-state index in [1.54, 1.807) is 12.1 Å². The first-order chi connectivity index (χ1) is 17.7. The molecule has 1 N–H and O–H groups in total. The molecule has 4 rings (SSSR count). The number of carbonyl (C=O) groups is 3. The third kappa shape index (κ3) is 5.89. The van der Waals surface area contributed by atoms with Crippen molar-refractivity contribution in [3.63, 3.8) is 0 Å². The number of hydrogen-bond acceptors (Lipinski definition) is 8. The van der Waals surface area contributed by atoms with Crippen molar-refractivity contribution in [3.8, 4) is 5.75 Å². The predicted molar refractivity (Wildman–Crippen MR) is 136 cm³/mol. The summed E-state index contributed by atoms with van der Waals surface area (Å²) < 4.78 is 17.0. The SMILES string of the molecule is COC(=O)c1ccc(CN2C(=O)N/C(=C\c3cc(Br)cc([N+](=O)[O-])c3OCc3ccc(Br)cc3)C2=O)o1. The largest absolute Gasteiger partial charge is 0.482 e. The molecule has 1 aromatic heterocycles. The van der Waals surface area contributed by atoms with E-state index >= 15 is 0 Å². The molecule has 13 heteroatoms. The van der Waals surface area contributed by atoms with Crippen LogP contribution in [0.25, 0.3) is 6.08 Å². The fourth-order valence-corrected chi connectivity index (χ4v) is 4.16. The van der Waals surface area contributed by atoms with Crippen molar-refractivity contribution < 1.29 is 33.2 Å². The van der Waals surface area contributed by atoms with Gasteiger partial charge in [-0.3, -0.25) is 19.8 Å². The van der Waals surface area contributed by atoms with Crippen LogP contribution < -0.4 is 10.1 Å². The van der Waals surface area contributed by atoms with Crippen LogP contribution >= 0.6 is 31.9 Å². The van der Waals surface area contributed by atoms with E-state index in [2.05, 4.69) is 41.9 Å². The van der Waals surface area contributed by atoms with Crippen LogP contribution in [0.5, 0.6) is 5.75 Å². The van der Waals surface area contributed by atoms with Gasteiger partial charge in [0.25, 0.3) is 5.91 Å². The Labute approximate surface area is 226 Å². The summed E-state index contributed by atoms with van der Waals surface area (Å²) in [6.07, 6.45) is 1.30. The summed E-state index contributed by atoms with van der Waals surface area (Å²) in [6.45, 7) is -0.218. The molecule has 0 radical (unpaired) electrons. The first kappa shape index (κ1) is 26.1. The summed E-state index contributed by atoms with van der Waals surface area (Å²) in [5, 5.41) is 14.2. The molecule has 0 aliphatic carbocycles. The molecule has 2 heterocycles. The van der Waals surface area contributed by atoms with E-state index in [4.69, 9.17) is 9.15 Å². The normalized spacial score (nSPS) is 14.1. The number of rotatable bonds is 8. The van der Waals surface area contributed by atoms with Crippen molar-refractivity contribution in [2.45, 2.75) is 13.2 Å². The second-order valence-electron chi connectivity index (χ2n) is 7.65. The summed E-state index contributed by atoms with van der Waals surface area (Å²) >= 11 is 6.59. The quantitative estimate of drug-likeness (QED) is 0.118. The van der Waals surface area contributed by atoms with Crippen molar-refractivity contribution in [1.29, 1.82) is 0 Å². The molecule has 3 aromatic rings. The molecule has 2 aromatic carbocycles. The van der Waals surface area contributed by atoms with E-state index in [0.29, 0.717) is 4.47 Å². The summed E-state index contributed by atoms with van der Waals surface area (Å²) in [5.41, 5.74) is 0.526. The lowest BCUT2D eigenvalue weighted by Gasteiger charge is -2.11. The van der Waals surface area contributed by atoms with E-state index in [-0.39, 0.29) is 47.4 Å². The number of nitrogens with one attached hydrogen (secondary N) is 1. The lowest BCUT2D eigenvalue weighted by Crippen LogP contribution is -2.30. The molecule has 0 unspecified atom stereocenters. The summed E-state index contributed by atoms with van der Waals surface area (Å²) in [6, 6.07) is 12.1. The molecule has 0 atom stereocenters.